The standard InChI is InChI=1S/C8H9NO.C2H6/c1-6-9-7-4-2-3-5-8(7)10-6;1-2/h2-6,9H,1H3;1-2H3. The summed E-state index contributed by atoms with van der Waals surface area (Å²) in [6.45, 7) is 5.99. The molecule has 0 bridgehead atoms. The first kappa shape index (κ1) is 8.91. The molecule has 0 amide bonds. The molecule has 0 spiro atoms. The number of para-hydroxylation sites is 2. The number of ether oxygens (including phenoxy) is 1. The molecule has 1 aliphatic heterocycles. The van der Waals surface area contributed by atoms with Crippen LogP contribution < -0.4 is 10.1 Å². The van der Waals surface area contributed by atoms with E-state index in [0.717, 1.165) is 11.4 Å². The van der Waals surface area contributed by atoms with Crippen LogP contribution in [0.15, 0.2) is 24.3 Å². The fourth-order valence-electron chi connectivity index (χ4n) is 1.13. The topological polar surface area (TPSA) is 21.3 Å². The second kappa shape index (κ2) is 4.00. The van der Waals surface area contributed by atoms with Crippen molar-refractivity contribution < 1.29 is 4.74 Å². The minimum atomic E-state index is 0.123. The Kier molecular flexibility index (Phi) is 2.97. The van der Waals surface area contributed by atoms with Crippen molar-refractivity contribution in [2.24, 2.45) is 0 Å². The summed E-state index contributed by atoms with van der Waals surface area (Å²) in [5, 5.41) is 3.18. The third-order valence-corrected chi connectivity index (χ3v) is 1.55. The Bertz CT molecular complexity index is 222. The Morgan fingerprint density at radius 2 is 1.92 bits per heavy atom. The molecule has 2 rings (SSSR count). The molecular formula is C10H15NO. The number of fused-ring (bicyclic) bond motifs is 1. The van der Waals surface area contributed by atoms with Crippen LogP contribution in [0.3, 0.4) is 0 Å². The maximum atomic E-state index is 5.40. The number of hydrogen-bond donors (Lipinski definition) is 1. The number of rotatable bonds is 0. The van der Waals surface area contributed by atoms with E-state index in [0.29, 0.717) is 0 Å². The van der Waals surface area contributed by atoms with Gasteiger partial charge in [0.15, 0.2) is 6.23 Å². The predicted molar refractivity (Wildman–Crippen MR) is 51.5 cm³/mol. The SMILES string of the molecule is CC.CC1Nc2ccccc2O1. The maximum absolute atomic E-state index is 5.40. The lowest BCUT2D eigenvalue weighted by Gasteiger charge is -2.00. The van der Waals surface area contributed by atoms with Gasteiger partial charge in [0.1, 0.15) is 5.75 Å². The van der Waals surface area contributed by atoms with E-state index in [-0.39, 0.29) is 6.23 Å². The zero-order chi connectivity index (χ0) is 8.97. The van der Waals surface area contributed by atoms with Crippen molar-refractivity contribution in [1.29, 1.82) is 0 Å². The Morgan fingerprint density at radius 1 is 1.25 bits per heavy atom. The van der Waals surface area contributed by atoms with Gasteiger partial charge in [0.25, 0.3) is 0 Å². The van der Waals surface area contributed by atoms with Crippen LogP contribution in [0.25, 0.3) is 0 Å². The highest BCUT2D eigenvalue weighted by molar-refractivity contribution is 5.59. The molecular weight excluding hydrogens is 150 g/mol. The first-order chi connectivity index (χ1) is 5.86. The molecule has 2 nitrogen and oxygen atoms in total. The van der Waals surface area contributed by atoms with Crippen molar-refractivity contribution in [3.63, 3.8) is 0 Å². The lowest BCUT2D eigenvalue weighted by atomic mass is 10.3. The molecule has 1 aromatic rings. The van der Waals surface area contributed by atoms with Crippen LogP contribution in [0.4, 0.5) is 5.69 Å². The van der Waals surface area contributed by atoms with Gasteiger partial charge in [0.2, 0.25) is 0 Å². The van der Waals surface area contributed by atoms with Crippen LogP contribution in [-0.4, -0.2) is 6.23 Å². The van der Waals surface area contributed by atoms with E-state index in [1.165, 1.54) is 0 Å². The number of nitrogens with one attached hydrogen (secondary N) is 1. The second-order valence-corrected chi connectivity index (χ2v) is 2.40. The van der Waals surface area contributed by atoms with E-state index in [1.54, 1.807) is 0 Å². The van der Waals surface area contributed by atoms with E-state index in [1.807, 2.05) is 45.0 Å². The van der Waals surface area contributed by atoms with Crippen molar-refractivity contribution >= 4 is 5.69 Å². The lowest BCUT2D eigenvalue weighted by molar-refractivity contribution is 0.275. The zero-order valence-electron chi connectivity index (χ0n) is 7.79. The average Bonchev–Trinajstić information content (AvgIpc) is 2.48. The quantitative estimate of drug-likeness (QED) is 0.638. The lowest BCUT2D eigenvalue weighted by Crippen LogP contribution is -2.13. The highest BCUT2D eigenvalue weighted by atomic mass is 16.5. The van der Waals surface area contributed by atoms with E-state index >= 15 is 0 Å². The molecule has 1 aliphatic rings. The Hall–Kier alpha value is -1.18. The maximum Gasteiger partial charge on any atom is 0.167 e. The highest BCUT2D eigenvalue weighted by Crippen LogP contribution is 2.30. The van der Waals surface area contributed by atoms with Crippen molar-refractivity contribution in [1.82, 2.24) is 0 Å². The van der Waals surface area contributed by atoms with Crippen LogP contribution >= 0.6 is 0 Å². The van der Waals surface area contributed by atoms with Gasteiger partial charge in [-0.3, -0.25) is 0 Å². The van der Waals surface area contributed by atoms with E-state index in [9.17, 15) is 0 Å². The molecule has 0 saturated heterocycles. The third kappa shape index (κ3) is 1.70. The summed E-state index contributed by atoms with van der Waals surface area (Å²) in [6, 6.07) is 7.94. The molecule has 0 aromatic heterocycles. The van der Waals surface area contributed by atoms with Crippen LogP contribution in [0.1, 0.15) is 20.8 Å². The van der Waals surface area contributed by atoms with Crippen LogP contribution in [-0.2, 0) is 0 Å². The smallest absolute Gasteiger partial charge is 0.167 e. The van der Waals surface area contributed by atoms with Gasteiger partial charge >= 0.3 is 0 Å². The fraction of sp³-hybridized carbons (Fsp3) is 0.400. The Morgan fingerprint density at radius 3 is 2.58 bits per heavy atom. The zero-order valence-corrected chi connectivity index (χ0v) is 7.79. The van der Waals surface area contributed by atoms with Gasteiger partial charge in [-0.05, 0) is 19.1 Å². The van der Waals surface area contributed by atoms with Gasteiger partial charge in [0, 0.05) is 0 Å². The summed E-state index contributed by atoms with van der Waals surface area (Å²) in [7, 11) is 0. The fourth-order valence-corrected chi connectivity index (χ4v) is 1.13. The first-order valence-electron chi connectivity index (χ1n) is 4.38. The van der Waals surface area contributed by atoms with E-state index < -0.39 is 0 Å². The largest absolute Gasteiger partial charge is 0.469 e. The van der Waals surface area contributed by atoms with Crippen LogP contribution in [0.5, 0.6) is 5.75 Å². The summed E-state index contributed by atoms with van der Waals surface area (Å²) in [5.41, 5.74) is 1.09. The van der Waals surface area contributed by atoms with Gasteiger partial charge < -0.3 is 10.1 Å². The molecule has 66 valence electrons. The average molecular weight is 165 g/mol. The van der Waals surface area contributed by atoms with Crippen molar-refractivity contribution in [3.8, 4) is 5.75 Å². The molecule has 1 N–H and O–H groups in total. The van der Waals surface area contributed by atoms with Gasteiger partial charge in [-0.1, -0.05) is 26.0 Å². The van der Waals surface area contributed by atoms with E-state index in [4.69, 9.17) is 4.74 Å². The van der Waals surface area contributed by atoms with Gasteiger partial charge in [-0.25, -0.2) is 0 Å². The molecule has 1 aromatic carbocycles. The van der Waals surface area contributed by atoms with Gasteiger partial charge in [-0.15, -0.1) is 0 Å². The molecule has 0 aliphatic carbocycles. The summed E-state index contributed by atoms with van der Waals surface area (Å²) in [6.07, 6.45) is 0.123. The number of benzene rings is 1. The molecule has 1 unspecified atom stereocenters. The summed E-state index contributed by atoms with van der Waals surface area (Å²) in [4.78, 5) is 0. The molecule has 0 radical (unpaired) electrons. The highest BCUT2D eigenvalue weighted by Gasteiger charge is 2.15. The van der Waals surface area contributed by atoms with Crippen molar-refractivity contribution in [3.05, 3.63) is 24.3 Å². The van der Waals surface area contributed by atoms with Crippen molar-refractivity contribution in [2.75, 3.05) is 5.32 Å². The molecule has 1 heterocycles. The van der Waals surface area contributed by atoms with Gasteiger partial charge in [-0.2, -0.15) is 0 Å². The van der Waals surface area contributed by atoms with Crippen LogP contribution in [0.2, 0.25) is 0 Å². The predicted octanol–water partition coefficient (Wildman–Crippen LogP) is 2.86. The van der Waals surface area contributed by atoms with Crippen LogP contribution in [0, 0.1) is 0 Å². The molecule has 0 fully saturated rings. The summed E-state index contributed by atoms with van der Waals surface area (Å²) < 4.78 is 5.40. The molecule has 1 atom stereocenters. The molecule has 2 heteroatoms. The van der Waals surface area contributed by atoms with E-state index in [2.05, 4.69) is 5.32 Å². The van der Waals surface area contributed by atoms with Crippen molar-refractivity contribution in [2.45, 2.75) is 27.0 Å². The molecule has 12 heavy (non-hydrogen) atoms. The summed E-state index contributed by atoms with van der Waals surface area (Å²) in [5.74, 6) is 0.954. The third-order valence-electron chi connectivity index (χ3n) is 1.55. The summed E-state index contributed by atoms with van der Waals surface area (Å²) >= 11 is 0. The first-order valence-corrected chi connectivity index (χ1v) is 4.38. The minimum absolute atomic E-state index is 0.123. The monoisotopic (exact) mass is 165 g/mol. The molecule has 0 saturated carbocycles. The number of anilines is 1. The van der Waals surface area contributed by atoms with Gasteiger partial charge in [0.05, 0.1) is 5.69 Å². The second-order valence-electron chi connectivity index (χ2n) is 2.40. The Balaban J connectivity index is 0.000000336. The number of hydrogen-bond acceptors (Lipinski definition) is 2. The Labute approximate surface area is 73.6 Å². The minimum Gasteiger partial charge on any atom is -0.469 e. The normalized spacial score (nSPS) is 18.1.